The molecule has 2 rings (SSSR count). The number of nitrogens with one attached hydrogen (secondary N) is 1. The standard InChI is InChI=1S/C9H3F6N3O/c10-8(11,12)5-3-1-2-4(19)16-6(3)18-7(17-5)9(13,14)15/h1-2H,(H,16,17,18,19). The average Bonchev–Trinajstić information content (AvgIpc) is 2.24. The van der Waals surface area contributed by atoms with Crippen LogP contribution in [0.4, 0.5) is 26.3 Å². The molecule has 2 aromatic rings. The number of hydrogen-bond donors (Lipinski definition) is 1. The number of aromatic nitrogens is 3. The highest BCUT2D eigenvalue weighted by Gasteiger charge is 2.41. The smallest absolute Gasteiger partial charge is 0.306 e. The van der Waals surface area contributed by atoms with Gasteiger partial charge in [0.2, 0.25) is 11.4 Å². The van der Waals surface area contributed by atoms with Crippen LogP contribution in [0.5, 0.6) is 0 Å². The zero-order valence-electron chi connectivity index (χ0n) is 8.73. The Bertz CT molecular complexity index is 687. The molecule has 0 bridgehead atoms. The van der Waals surface area contributed by atoms with Crippen molar-refractivity contribution in [3.05, 3.63) is 34.0 Å². The molecule has 2 aromatic heterocycles. The van der Waals surface area contributed by atoms with E-state index < -0.39 is 40.5 Å². The van der Waals surface area contributed by atoms with Crippen LogP contribution in [-0.2, 0) is 12.4 Å². The van der Waals surface area contributed by atoms with Gasteiger partial charge in [0.1, 0.15) is 5.65 Å². The van der Waals surface area contributed by atoms with Gasteiger partial charge in [-0.2, -0.15) is 26.3 Å². The topological polar surface area (TPSA) is 58.6 Å². The van der Waals surface area contributed by atoms with Crippen molar-refractivity contribution < 1.29 is 26.3 Å². The normalized spacial score (nSPS) is 12.9. The molecule has 0 atom stereocenters. The molecule has 0 aliphatic rings. The quantitative estimate of drug-likeness (QED) is 0.755. The molecule has 0 aliphatic carbocycles. The Morgan fingerprint density at radius 3 is 2.11 bits per heavy atom. The summed E-state index contributed by atoms with van der Waals surface area (Å²) >= 11 is 0. The van der Waals surface area contributed by atoms with Crippen LogP contribution < -0.4 is 5.56 Å². The van der Waals surface area contributed by atoms with Crippen molar-refractivity contribution in [2.75, 3.05) is 0 Å². The predicted molar refractivity (Wildman–Crippen MR) is 50.2 cm³/mol. The van der Waals surface area contributed by atoms with Gasteiger partial charge < -0.3 is 4.98 Å². The second-order valence-corrected chi connectivity index (χ2v) is 3.48. The van der Waals surface area contributed by atoms with Gasteiger partial charge >= 0.3 is 12.4 Å². The SMILES string of the molecule is O=c1ccc2c(C(F)(F)F)nc(C(F)(F)F)nc2[nH]1. The molecule has 102 valence electrons. The van der Waals surface area contributed by atoms with Crippen LogP contribution in [0.2, 0.25) is 0 Å². The fourth-order valence-electron chi connectivity index (χ4n) is 1.38. The van der Waals surface area contributed by atoms with E-state index in [0.29, 0.717) is 0 Å². The van der Waals surface area contributed by atoms with Crippen molar-refractivity contribution in [1.82, 2.24) is 15.0 Å². The van der Waals surface area contributed by atoms with Crippen LogP contribution in [0.25, 0.3) is 11.0 Å². The highest BCUT2D eigenvalue weighted by molar-refractivity contribution is 5.77. The molecule has 0 aliphatic heterocycles. The number of H-pyrrole nitrogens is 1. The van der Waals surface area contributed by atoms with E-state index >= 15 is 0 Å². The number of rotatable bonds is 0. The Morgan fingerprint density at radius 1 is 0.947 bits per heavy atom. The van der Waals surface area contributed by atoms with Crippen molar-refractivity contribution in [2.24, 2.45) is 0 Å². The van der Waals surface area contributed by atoms with Crippen molar-refractivity contribution in [3.8, 4) is 0 Å². The van der Waals surface area contributed by atoms with Gasteiger partial charge in [0.15, 0.2) is 5.69 Å². The second-order valence-electron chi connectivity index (χ2n) is 3.48. The van der Waals surface area contributed by atoms with Crippen LogP contribution in [0.3, 0.4) is 0 Å². The summed E-state index contributed by atoms with van der Waals surface area (Å²) in [5.74, 6) is -1.96. The molecule has 19 heavy (non-hydrogen) atoms. The van der Waals surface area contributed by atoms with Gasteiger partial charge in [0, 0.05) is 11.5 Å². The Balaban J connectivity index is 2.88. The third kappa shape index (κ3) is 2.51. The first kappa shape index (κ1) is 13.3. The van der Waals surface area contributed by atoms with E-state index in [1.165, 1.54) is 0 Å². The first-order valence-corrected chi connectivity index (χ1v) is 4.64. The number of aromatic amines is 1. The number of hydrogen-bond acceptors (Lipinski definition) is 3. The third-order valence-electron chi connectivity index (χ3n) is 2.11. The van der Waals surface area contributed by atoms with Gasteiger partial charge in [-0.15, -0.1) is 0 Å². The van der Waals surface area contributed by atoms with Crippen molar-refractivity contribution in [3.63, 3.8) is 0 Å². The Kier molecular flexibility index (Phi) is 2.75. The molecule has 2 heterocycles. The summed E-state index contributed by atoms with van der Waals surface area (Å²) in [5, 5.41) is -0.708. The van der Waals surface area contributed by atoms with Crippen LogP contribution in [0, 0.1) is 0 Å². The maximum absolute atomic E-state index is 12.6. The minimum Gasteiger partial charge on any atom is -0.306 e. The molecule has 0 amide bonds. The molecular weight excluding hydrogens is 280 g/mol. The Morgan fingerprint density at radius 2 is 1.58 bits per heavy atom. The minimum absolute atomic E-state index is 0.708. The summed E-state index contributed by atoms with van der Waals surface area (Å²) in [7, 11) is 0. The lowest BCUT2D eigenvalue weighted by Gasteiger charge is -2.12. The van der Waals surface area contributed by atoms with E-state index in [1.807, 2.05) is 4.98 Å². The van der Waals surface area contributed by atoms with E-state index in [0.717, 1.165) is 12.1 Å². The molecule has 10 heteroatoms. The first-order chi connectivity index (χ1) is 8.59. The molecule has 0 aromatic carbocycles. The summed E-state index contributed by atoms with van der Waals surface area (Å²) in [6.07, 6.45) is -10.2. The van der Waals surface area contributed by atoms with Crippen molar-refractivity contribution in [1.29, 1.82) is 0 Å². The summed E-state index contributed by atoms with van der Waals surface area (Å²) in [6.45, 7) is 0. The maximum atomic E-state index is 12.6. The number of fused-ring (bicyclic) bond motifs is 1. The largest absolute Gasteiger partial charge is 0.451 e. The van der Waals surface area contributed by atoms with Crippen LogP contribution in [0.15, 0.2) is 16.9 Å². The summed E-state index contributed by atoms with van der Waals surface area (Å²) in [6, 6.07) is 1.46. The summed E-state index contributed by atoms with van der Waals surface area (Å²) in [4.78, 5) is 18.1. The molecular formula is C9H3F6N3O. The van der Waals surface area contributed by atoms with Gasteiger partial charge in [-0.1, -0.05) is 0 Å². The molecule has 0 saturated carbocycles. The lowest BCUT2D eigenvalue weighted by molar-refractivity contribution is -0.151. The molecule has 0 spiro atoms. The van der Waals surface area contributed by atoms with E-state index in [4.69, 9.17) is 0 Å². The average molecular weight is 283 g/mol. The van der Waals surface area contributed by atoms with E-state index in [2.05, 4.69) is 9.97 Å². The number of pyridine rings is 1. The Hall–Kier alpha value is -2.13. The fourth-order valence-corrected chi connectivity index (χ4v) is 1.38. The van der Waals surface area contributed by atoms with E-state index in [-0.39, 0.29) is 0 Å². The van der Waals surface area contributed by atoms with Crippen LogP contribution in [0.1, 0.15) is 11.5 Å². The fraction of sp³-hybridized carbons (Fsp3) is 0.222. The van der Waals surface area contributed by atoms with Gasteiger partial charge in [0.05, 0.1) is 0 Å². The highest BCUT2D eigenvalue weighted by Crippen LogP contribution is 2.35. The van der Waals surface area contributed by atoms with Crippen LogP contribution in [-0.4, -0.2) is 15.0 Å². The predicted octanol–water partition coefficient (Wildman–Crippen LogP) is 2.36. The first-order valence-electron chi connectivity index (χ1n) is 4.64. The van der Waals surface area contributed by atoms with Gasteiger partial charge in [-0.25, -0.2) is 9.97 Å². The lowest BCUT2D eigenvalue weighted by Crippen LogP contribution is -2.19. The third-order valence-corrected chi connectivity index (χ3v) is 2.11. The van der Waals surface area contributed by atoms with Crippen molar-refractivity contribution in [2.45, 2.75) is 12.4 Å². The maximum Gasteiger partial charge on any atom is 0.451 e. The molecule has 0 unspecified atom stereocenters. The van der Waals surface area contributed by atoms with Gasteiger partial charge in [0.25, 0.3) is 0 Å². The minimum atomic E-state index is -5.15. The molecule has 1 N–H and O–H groups in total. The molecule has 4 nitrogen and oxygen atoms in total. The lowest BCUT2D eigenvalue weighted by atomic mass is 10.2. The van der Waals surface area contributed by atoms with E-state index in [1.54, 1.807) is 0 Å². The van der Waals surface area contributed by atoms with Gasteiger partial charge in [-0.05, 0) is 6.07 Å². The zero-order valence-corrected chi connectivity index (χ0v) is 8.73. The molecule has 0 fully saturated rings. The number of nitrogens with zero attached hydrogens (tertiary/aromatic N) is 2. The summed E-state index contributed by atoms with van der Waals surface area (Å²) in [5.41, 5.74) is -3.43. The van der Waals surface area contributed by atoms with Crippen molar-refractivity contribution >= 4 is 11.0 Å². The Labute approximate surface area is 99.7 Å². The second kappa shape index (κ2) is 3.93. The monoisotopic (exact) mass is 283 g/mol. The molecule has 0 radical (unpaired) electrons. The van der Waals surface area contributed by atoms with E-state index in [9.17, 15) is 31.1 Å². The molecule has 0 saturated heterocycles. The number of halogens is 6. The van der Waals surface area contributed by atoms with Crippen LogP contribution >= 0.6 is 0 Å². The van der Waals surface area contributed by atoms with Gasteiger partial charge in [-0.3, -0.25) is 4.79 Å². The number of alkyl halides is 6. The highest BCUT2D eigenvalue weighted by atomic mass is 19.4. The summed E-state index contributed by atoms with van der Waals surface area (Å²) < 4.78 is 75.1. The zero-order chi connectivity index (χ0) is 14.4.